The summed E-state index contributed by atoms with van der Waals surface area (Å²) in [5.41, 5.74) is 6.98. The molecule has 0 radical (unpaired) electrons. The summed E-state index contributed by atoms with van der Waals surface area (Å²) < 4.78 is 1.63. The number of hydrogen-bond donors (Lipinski definition) is 2. The van der Waals surface area contributed by atoms with E-state index < -0.39 is 0 Å². The van der Waals surface area contributed by atoms with E-state index in [0.29, 0.717) is 18.7 Å². The van der Waals surface area contributed by atoms with E-state index in [-0.39, 0.29) is 17.8 Å². The fourth-order valence-electron chi connectivity index (χ4n) is 2.17. The van der Waals surface area contributed by atoms with E-state index in [2.05, 4.69) is 10.3 Å². The monoisotopic (exact) mass is 279 g/mol. The molecular formula is C13H21N5O2. The second kappa shape index (κ2) is 5.94. The van der Waals surface area contributed by atoms with Crippen LogP contribution in [0.15, 0.2) is 11.2 Å². The van der Waals surface area contributed by atoms with Crippen LogP contribution >= 0.6 is 0 Å². The lowest BCUT2D eigenvalue weighted by molar-refractivity contribution is 0.0736. The molecule has 20 heavy (non-hydrogen) atoms. The van der Waals surface area contributed by atoms with Gasteiger partial charge in [-0.05, 0) is 25.3 Å². The highest BCUT2D eigenvalue weighted by molar-refractivity contribution is 5.93. The van der Waals surface area contributed by atoms with Crippen molar-refractivity contribution < 1.29 is 10.0 Å². The minimum absolute atomic E-state index is 0.0343. The van der Waals surface area contributed by atoms with Gasteiger partial charge >= 0.3 is 0 Å². The number of hydrogen-bond acceptors (Lipinski definition) is 4. The van der Waals surface area contributed by atoms with Gasteiger partial charge in [0.05, 0.1) is 5.69 Å². The standard InChI is InChI=1S/C13H21N5O2/c1-3-9-8-11(17(2)15-9)13(19)18(10-4-5-10)7-6-12(14)16-20/h8,10,20H,3-7H2,1-2H3,(H2,14,16). The van der Waals surface area contributed by atoms with Crippen LogP contribution in [0, 0.1) is 0 Å². The molecule has 1 aromatic heterocycles. The lowest BCUT2D eigenvalue weighted by Gasteiger charge is -2.22. The van der Waals surface area contributed by atoms with Crippen LogP contribution in [0.25, 0.3) is 0 Å². The van der Waals surface area contributed by atoms with Crippen LogP contribution in [0.4, 0.5) is 0 Å². The summed E-state index contributed by atoms with van der Waals surface area (Å²) in [5.74, 6) is 0.107. The Bertz CT molecular complexity index is 519. The molecule has 0 bridgehead atoms. The average molecular weight is 279 g/mol. The Morgan fingerprint density at radius 1 is 1.65 bits per heavy atom. The average Bonchev–Trinajstić information content (AvgIpc) is 3.20. The highest BCUT2D eigenvalue weighted by Crippen LogP contribution is 2.28. The third-order valence-electron chi connectivity index (χ3n) is 3.50. The Morgan fingerprint density at radius 3 is 2.85 bits per heavy atom. The summed E-state index contributed by atoms with van der Waals surface area (Å²) >= 11 is 0. The Labute approximate surface area is 118 Å². The minimum atomic E-state index is -0.0343. The predicted molar refractivity (Wildman–Crippen MR) is 74.7 cm³/mol. The molecule has 0 aromatic carbocycles. The fraction of sp³-hybridized carbons (Fsp3) is 0.615. The van der Waals surface area contributed by atoms with Gasteiger partial charge in [-0.1, -0.05) is 12.1 Å². The molecule has 0 spiro atoms. The number of aromatic nitrogens is 2. The number of nitrogens with two attached hydrogens (primary N) is 1. The number of aryl methyl sites for hydroxylation is 2. The maximum Gasteiger partial charge on any atom is 0.272 e. The maximum absolute atomic E-state index is 12.6. The van der Waals surface area contributed by atoms with Crippen LogP contribution in [0.3, 0.4) is 0 Å². The first-order valence-corrected chi connectivity index (χ1v) is 6.87. The number of oxime groups is 1. The van der Waals surface area contributed by atoms with E-state index in [1.54, 1.807) is 16.6 Å². The van der Waals surface area contributed by atoms with Gasteiger partial charge in [-0.25, -0.2) is 0 Å². The molecule has 7 heteroatoms. The topological polar surface area (TPSA) is 96.7 Å². The number of rotatable bonds is 6. The number of nitrogens with zero attached hydrogens (tertiary/aromatic N) is 4. The van der Waals surface area contributed by atoms with Crippen molar-refractivity contribution in [3.8, 4) is 0 Å². The summed E-state index contributed by atoms with van der Waals surface area (Å²) in [6.45, 7) is 2.47. The van der Waals surface area contributed by atoms with Crippen LogP contribution in [-0.4, -0.2) is 44.2 Å². The number of carbonyl (C=O) groups is 1. The Balaban J connectivity index is 2.12. The van der Waals surface area contributed by atoms with Crippen LogP contribution in [0.1, 0.15) is 42.4 Å². The van der Waals surface area contributed by atoms with Crippen molar-refractivity contribution in [2.24, 2.45) is 17.9 Å². The zero-order chi connectivity index (χ0) is 14.7. The van der Waals surface area contributed by atoms with Gasteiger partial charge in [0.1, 0.15) is 11.5 Å². The van der Waals surface area contributed by atoms with E-state index in [4.69, 9.17) is 10.9 Å². The van der Waals surface area contributed by atoms with Crippen molar-refractivity contribution in [1.29, 1.82) is 0 Å². The molecule has 1 aromatic rings. The molecule has 1 saturated carbocycles. The fourth-order valence-corrected chi connectivity index (χ4v) is 2.17. The molecule has 0 aliphatic heterocycles. The van der Waals surface area contributed by atoms with Crippen molar-refractivity contribution in [3.05, 3.63) is 17.5 Å². The van der Waals surface area contributed by atoms with Gasteiger partial charge in [-0.2, -0.15) is 5.10 Å². The highest BCUT2D eigenvalue weighted by atomic mass is 16.4. The van der Waals surface area contributed by atoms with Crippen molar-refractivity contribution >= 4 is 11.7 Å². The van der Waals surface area contributed by atoms with Crippen LogP contribution < -0.4 is 5.73 Å². The Morgan fingerprint density at radius 2 is 2.35 bits per heavy atom. The second-order valence-electron chi connectivity index (χ2n) is 5.07. The zero-order valence-electron chi connectivity index (χ0n) is 11.9. The van der Waals surface area contributed by atoms with Gasteiger partial charge in [0.15, 0.2) is 0 Å². The molecule has 110 valence electrons. The molecule has 0 saturated heterocycles. The van der Waals surface area contributed by atoms with Crippen molar-refractivity contribution in [2.75, 3.05) is 6.54 Å². The van der Waals surface area contributed by atoms with Crippen LogP contribution in [-0.2, 0) is 13.5 Å². The molecule has 1 aliphatic rings. The van der Waals surface area contributed by atoms with E-state index >= 15 is 0 Å². The number of amidine groups is 1. The first kappa shape index (κ1) is 14.4. The summed E-state index contributed by atoms with van der Waals surface area (Å²) in [4.78, 5) is 14.4. The summed E-state index contributed by atoms with van der Waals surface area (Å²) in [7, 11) is 1.78. The molecule has 3 N–H and O–H groups in total. The Kier molecular flexibility index (Phi) is 4.26. The molecule has 7 nitrogen and oxygen atoms in total. The van der Waals surface area contributed by atoms with Gasteiger partial charge in [0.2, 0.25) is 0 Å². The van der Waals surface area contributed by atoms with Crippen molar-refractivity contribution in [2.45, 2.75) is 38.6 Å². The molecular weight excluding hydrogens is 258 g/mol. The molecule has 1 amide bonds. The third-order valence-corrected chi connectivity index (χ3v) is 3.50. The van der Waals surface area contributed by atoms with Crippen LogP contribution in [0.2, 0.25) is 0 Å². The van der Waals surface area contributed by atoms with Gasteiger partial charge in [0, 0.05) is 26.1 Å². The first-order chi connectivity index (χ1) is 9.56. The first-order valence-electron chi connectivity index (χ1n) is 6.87. The normalized spacial score (nSPS) is 15.4. The lowest BCUT2D eigenvalue weighted by atomic mass is 10.2. The van der Waals surface area contributed by atoms with E-state index in [0.717, 1.165) is 25.0 Å². The van der Waals surface area contributed by atoms with Gasteiger partial charge in [-0.3, -0.25) is 9.48 Å². The van der Waals surface area contributed by atoms with Gasteiger partial charge in [0.25, 0.3) is 5.91 Å². The molecule has 0 atom stereocenters. The van der Waals surface area contributed by atoms with Crippen molar-refractivity contribution in [3.63, 3.8) is 0 Å². The lowest BCUT2D eigenvalue weighted by Crippen LogP contribution is -2.36. The molecule has 1 heterocycles. The smallest absolute Gasteiger partial charge is 0.272 e. The number of amides is 1. The quantitative estimate of drug-likeness (QED) is 0.347. The van der Waals surface area contributed by atoms with E-state index in [9.17, 15) is 4.79 Å². The molecule has 1 aliphatic carbocycles. The van der Waals surface area contributed by atoms with E-state index in [1.807, 2.05) is 13.0 Å². The minimum Gasteiger partial charge on any atom is -0.409 e. The van der Waals surface area contributed by atoms with E-state index in [1.165, 1.54) is 0 Å². The SMILES string of the molecule is CCc1cc(C(=O)N(CCC(N)=NO)C2CC2)n(C)n1. The highest BCUT2D eigenvalue weighted by Gasteiger charge is 2.34. The largest absolute Gasteiger partial charge is 0.409 e. The van der Waals surface area contributed by atoms with Crippen LogP contribution in [0.5, 0.6) is 0 Å². The molecule has 2 rings (SSSR count). The Hall–Kier alpha value is -2.05. The van der Waals surface area contributed by atoms with Crippen molar-refractivity contribution in [1.82, 2.24) is 14.7 Å². The second-order valence-corrected chi connectivity index (χ2v) is 5.07. The molecule has 1 fully saturated rings. The predicted octanol–water partition coefficient (Wildman–Crippen LogP) is 0.724. The number of carbonyl (C=O) groups excluding carboxylic acids is 1. The molecule has 0 unspecified atom stereocenters. The summed E-state index contributed by atoms with van der Waals surface area (Å²) in [6.07, 6.45) is 3.20. The maximum atomic E-state index is 12.6. The zero-order valence-corrected chi connectivity index (χ0v) is 11.9. The van der Waals surface area contributed by atoms with Gasteiger partial charge < -0.3 is 15.8 Å². The summed E-state index contributed by atoms with van der Waals surface area (Å²) in [5, 5.41) is 15.8. The third kappa shape index (κ3) is 3.09. The summed E-state index contributed by atoms with van der Waals surface area (Å²) in [6, 6.07) is 2.11. The van der Waals surface area contributed by atoms with Gasteiger partial charge in [-0.15, -0.1) is 0 Å².